The molecule has 7 heteroatoms. The average Bonchev–Trinajstić information content (AvgIpc) is 2.95. The second-order valence-electron chi connectivity index (χ2n) is 7.07. The lowest BCUT2D eigenvalue weighted by atomic mass is 10.1. The Morgan fingerprint density at radius 1 is 1.00 bits per heavy atom. The summed E-state index contributed by atoms with van der Waals surface area (Å²) < 4.78 is 18.9. The van der Waals surface area contributed by atoms with E-state index in [1.165, 1.54) is 12.1 Å². The molecule has 2 aromatic carbocycles. The van der Waals surface area contributed by atoms with Crippen LogP contribution in [0.15, 0.2) is 42.5 Å². The third-order valence-electron chi connectivity index (χ3n) is 5.32. The third-order valence-corrected chi connectivity index (χ3v) is 5.32. The van der Waals surface area contributed by atoms with Crippen LogP contribution >= 0.6 is 0 Å². The van der Waals surface area contributed by atoms with Crippen LogP contribution in [0.1, 0.15) is 15.9 Å². The number of rotatable bonds is 5. The standard InChI is InChI=1S/C21H22FN3O3/c1-28-19-7-6-16(22)12-15(19)13-23-8-10-24(11-9-23)14-25-18-5-3-2-4-17(18)20(26)21(25)27/h2-7,12H,8-11,13-14H2,1H3. The van der Waals surface area contributed by atoms with Crippen LogP contribution < -0.4 is 9.64 Å². The highest BCUT2D eigenvalue weighted by Crippen LogP contribution is 2.29. The number of fused-ring (bicyclic) bond motifs is 1. The molecule has 0 atom stereocenters. The minimum Gasteiger partial charge on any atom is -0.496 e. The molecule has 1 fully saturated rings. The molecule has 0 unspecified atom stereocenters. The summed E-state index contributed by atoms with van der Waals surface area (Å²) >= 11 is 0. The number of benzene rings is 2. The number of piperazine rings is 1. The fraction of sp³-hybridized carbons (Fsp3) is 0.333. The largest absolute Gasteiger partial charge is 0.496 e. The van der Waals surface area contributed by atoms with Gasteiger partial charge in [0.05, 0.1) is 25.0 Å². The van der Waals surface area contributed by atoms with E-state index in [1.807, 2.05) is 12.1 Å². The van der Waals surface area contributed by atoms with E-state index in [-0.39, 0.29) is 5.82 Å². The SMILES string of the molecule is COc1ccc(F)cc1CN1CCN(CN2C(=O)C(=O)c3ccccc32)CC1. The van der Waals surface area contributed by atoms with Gasteiger partial charge in [-0.05, 0) is 30.3 Å². The molecule has 4 rings (SSSR count). The fourth-order valence-electron chi connectivity index (χ4n) is 3.79. The van der Waals surface area contributed by atoms with Crippen molar-refractivity contribution in [2.24, 2.45) is 0 Å². The van der Waals surface area contributed by atoms with Crippen molar-refractivity contribution in [2.75, 3.05) is 44.9 Å². The second kappa shape index (κ2) is 7.69. The summed E-state index contributed by atoms with van der Waals surface area (Å²) in [6.45, 7) is 4.11. The summed E-state index contributed by atoms with van der Waals surface area (Å²) in [5, 5.41) is 0. The van der Waals surface area contributed by atoms with Gasteiger partial charge in [0.1, 0.15) is 11.6 Å². The van der Waals surface area contributed by atoms with Gasteiger partial charge in [-0.3, -0.25) is 24.3 Å². The van der Waals surface area contributed by atoms with E-state index >= 15 is 0 Å². The first-order valence-electron chi connectivity index (χ1n) is 9.29. The lowest BCUT2D eigenvalue weighted by molar-refractivity contribution is -0.114. The van der Waals surface area contributed by atoms with E-state index < -0.39 is 11.7 Å². The van der Waals surface area contributed by atoms with E-state index in [0.717, 1.165) is 31.7 Å². The van der Waals surface area contributed by atoms with E-state index in [4.69, 9.17) is 4.74 Å². The Kier molecular flexibility index (Phi) is 5.11. The summed E-state index contributed by atoms with van der Waals surface area (Å²) in [7, 11) is 1.58. The molecular weight excluding hydrogens is 361 g/mol. The summed E-state index contributed by atoms with van der Waals surface area (Å²) in [6, 6.07) is 11.7. The number of ketones is 1. The molecule has 0 aliphatic carbocycles. The highest BCUT2D eigenvalue weighted by Gasteiger charge is 2.36. The zero-order chi connectivity index (χ0) is 19.7. The van der Waals surface area contributed by atoms with Crippen LogP contribution in [0.4, 0.5) is 10.1 Å². The van der Waals surface area contributed by atoms with Gasteiger partial charge in [0.15, 0.2) is 0 Å². The van der Waals surface area contributed by atoms with Crippen LogP contribution in [0.3, 0.4) is 0 Å². The molecule has 2 heterocycles. The highest BCUT2D eigenvalue weighted by atomic mass is 19.1. The number of halogens is 1. The van der Waals surface area contributed by atoms with Crippen molar-refractivity contribution in [3.05, 3.63) is 59.4 Å². The maximum atomic E-state index is 13.6. The molecule has 0 spiro atoms. The Hall–Kier alpha value is -2.77. The minimum absolute atomic E-state index is 0.273. The number of methoxy groups -OCH3 is 1. The van der Waals surface area contributed by atoms with Gasteiger partial charge in [-0.25, -0.2) is 4.39 Å². The monoisotopic (exact) mass is 383 g/mol. The number of anilines is 1. The van der Waals surface area contributed by atoms with Crippen molar-refractivity contribution < 1.29 is 18.7 Å². The number of nitrogens with zero attached hydrogens (tertiary/aromatic N) is 3. The van der Waals surface area contributed by atoms with Crippen molar-refractivity contribution in [3.8, 4) is 5.75 Å². The maximum Gasteiger partial charge on any atom is 0.300 e. The van der Waals surface area contributed by atoms with Gasteiger partial charge in [0.25, 0.3) is 5.78 Å². The highest BCUT2D eigenvalue weighted by molar-refractivity contribution is 6.52. The molecule has 0 N–H and O–H groups in total. The van der Waals surface area contributed by atoms with Gasteiger partial charge >= 0.3 is 5.91 Å². The number of carbonyl (C=O) groups is 2. The topological polar surface area (TPSA) is 53.1 Å². The Balaban J connectivity index is 1.37. The smallest absolute Gasteiger partial charge is 0.300 e. The fourth-order valence-corrected chi connectivity index (χ4v) is 3.79. The van der Waals surface area contributed by atoms with Crippen LogP contribution in [0.5, 0.6) is 5.75 Å². The molecule has 0 bridgehead atoms. The minimum atomic E-state index is -0.465. The number of carbonyl (C=O) groups excluding carboxylic acids is 2. The van der Waals surface area contributed by atoms with Gasteiger partial charge in [-0.1, -0.05) is 12.1 Å². The van der Waals surface area contributed by atoms with Gasteiger partial charge in [-0.2, -0.15) is 0 Å². The van der Waals surface area contributed by atoms with Crippen LogP contribution in [0.2, 0.25) is 0 Å². The lowest BCUT2D eigenvalue weighted by Gasteiger charge is -2.36. The molecule has 0 aromatic heterocycles. The molecule has 146 valence electrons. The van der Waals surface area contributed by atoms with Crippen molar-refractivity contribution in [2.45, 2.75) is 6.54 Å². The Morgan fingerprint density at radius 3 is 2.46 bits per heavy atom. The molecule has 6 nitrogen and oxygen atoms in total. The van der Waals surface area contributed by atoms with Crippen LogP contribution in [0, 0.1) is 5.82 Å². The number of hydrogen-bond donors (Lipinski definition) is 0. The lowest BCUT2D eigenvalue weighted by Crippen LogP contribution is -2.50. The maximum absolute atomic E-state index is 13.6. The predicted octanol–water partition coefficient (Wildman–Crippen LogP) is 2.14. The van der Waals surface area contributed by atoms with Gasteiger partial charge in [0.2, 0.25) is 0 Å². The number of Topliss-reactive ketones (excluding diaryl/α,β-unsaturated/α-hetero) is 1. The summed E-state index contributed by atoms with van der Waals surface area (Å²) in [5.41, 5.74) is 1.99. The first-order chi connectivity index (χ1) is 13.6. The third kappa shape index (κ3) is 3.50. The van der Waals surface area contributed by atoms with E-state index in [9.17, 15) is 14.0 Å². The van der Waals surface area contributed by atoms with Crippen molar-refractivity contribution in [3.63, 3.8) is 0 Å². The Morgan fingerprint density at radius 2 is 1.71 bits per heavy atom. The van der Waals surface area contributed by atoms with Crippen molar-refractivity contribution in [1.82, 2.24) is 9.80 Å². The molecular formula is C21H22FN3O3. The molecule has 2 aromatic rings. The molecule has 2 aliphatic rings. The van der Waals surface area contributed by atoms with E-state index in [1.54, 1.807) is 30.2 Å². The predicted molar refractivity (Wildman–Crippen MR) is 103 cm³/mol. The van der Waals surface area contributed by atoms with Gasteiger partial charge in [-0.15, -0.1) is 0 Å². The molecule has 2 aliphatic heterocycles. The number of ether oxygens (including phenoxy) is 1. The van der Waals surface area contributed by atoms with Gasteiger partial charge < -0.3 is 4.74 Å². The normalized spacial score (nSPS) is 17.9. The van der Waals surface area contributed by atoms with Crippen LogP contribution in [0.25, 0.3) is 0 Å². The summed E-state index contributed by atoms with van der Waals surface area (Å²) in [4.78, 5) is 30.4. The van der Waals surface area contributed by atoms with Gasteiger partial charge in [0, 0.05) is 38.3 Å². The first kappa shape index (κ1) is 18.6. The quantitative estimate of drug-likeness (QED) is 0.741. The molecule has 1 amide bonds. The number of para-hydroxylation sites is 1. The Labute approximate surface area is 163 Å². The van der Waals surface area contributed by atoms with E-state index in [2.05, 4.69) is 9.80 Å². The van der Waals surface area contributed by atoms with Crippen molar-refractivity contribution >= 4 is 17.4 Å². The molecule has 28 heavy (non-hydrogen) atoms. The first-order valence-corrected chi connectivity index (χ1v) is 9.29. The molecule has 1 saturated heterocycles. The Bertz CT molecular complexity index is 910. The average molecular weight is 383 g/mol. The zero-order valence-corrected chi connectivity index (χ0v) is 15.7. The summed E-state index contributed by atoms with van der Waals surface area (Å²) in [6.07, 6.45) is 0. The second-order valence-corrected chi connectivity index (χ2v) is 7.07. The number of hydrogen-bond acceptors (Lipinski definition) is 5. The summed E-state index contributed by atoms with van der Waals surface area (Å²) in [5.74, 6) is -0.493. The van der Waals surface area contributed by atoms with Crippen LogP contribution in [-0.4, -0.2) is 61.4 Å². The van der Waals surface area contributed by atoms with E-state index in [0.29, 0.717) is 30.2 Å². The molecule has 0 radical (unpaired) electrons. The number of amides is 1. The zero-order valence-electron chi connectivity index (χ0n) is 15.7. The molecule has 0 saturated carbocycles. The van der Waals surface area contributed by atoms with Crippen LogP contribution in [-0.2, 0) is 11.3 Å². The van der Waals surface area contributed by atoms with Crippen molar-refractivity contribution in [1.29, 1.82) is 0 Å².